The molecule has 0 radical (unpaired) electrons. The molecule has 0 aliphatic carbocycles. The molecule has 0 saturated carbocycles. The van der Waals surface area contributed by atoms with E-state index in [1.807, 2.05) is 0 Å². The molecule has 6 heteroatoms. The summed E-state index contributed by atoms with van der Waals surface area (Å²) in [6.45, 7) is 13.4. The van der Waals surface area contributed by atoms with Gasteiger partial charge in [0.25, 0.3) is 0 Å². The number of anilines is 6. The van der Waals surface area contributed by atoms with Crippen LogP contribution < -0.4 is 47.3 Å². The highest BCUT2D eigenvalue weighted by molar-refractivity contribution is 7.20. The number of fused-ring (bicyclic) bond motifs is 8. The van der Waals surface area contributed by atoms with Crippen molar-refractivity contribution in [2.75, 3.05) is 9.80 Å². The van der Waals surface area contributed by atoms with Gasteiger partial charge in [-0.3, -0.25) is 0 Å². The average molecular weight is 871 g/mol. The van der Waals surface area contributed by atoms with Crippen LogP contribution in [-0.2, 0) is 10.8 Å². The summed E-state index contributed by atoms with van der Waals surface area (Å²) in [7, 11) is -3.09. The Bertz CT molecular complexity index is 3180. The number of rotatable bonds is 6. The van der Waals surface area contributed by atoms with Gasteiger partial charge in [-0.15, -0.1) is 0 Å². The first-order chi connectivity index (χ1) is 32.0. The fourth-order valence-corrected chi connectivity index (χ4v) is 15.7. The zero-order valence-electron chi connectivity index (χ0n) is 38.3. The van der Waals surface area contributed by atoms with Gasteiger partial charge in [0.1, 0.15) is 22.5 Å². The van der Waals surface area contributed by atoms with Crippen LogP contribution >= 0.6 is 0 Å². The monoisotopic (exact) mass is 870 g/mol. The molecule has 0 fully saturated rings. The van der Waals surface area contributed by atoms with E-state index in [1.165, 1.54) is 31.9 Å². The number of nitrogens with zero attached hydrogens (tertiary/aromatic N) is 2. The Kier molecular flexibility index (Phi) is 9.07. The molecular formula is C60H51BN2O2Si. The van der Waals surface area contributed by atoms with Gasteiger partial charge in [-0.25, -0.2) is 0 Å². The Labute approximate surface area is 388 Å². The summed E-state index contributed by atoms with van der Waals surface area (Å²) in [5.41, 5.74) is 13.7. The van der Waals surface area contributed by atoms with Crippen molar-refractivity contribution in [3.8, 4) is 0 Å². The molecule has 0 unspecified atom stereocenters. The van der Waals surface area contributed by atoms with Crippen molar-refractivity contribution in [3.63, 3.8) is 0 Å². The molecule has 320 valence electrons. The third-order valence-corrected chi connectivity index (χ3v) is 18.9. The van der Waals surface area contributed by atoms with Gasteiger partial charge in [0, 0.05) is 33.5 Å². The Morgan fingerprint density at radius 1 is 0.394 bits per heavy atom. The minimum Gasteiger partial charge on any atom is -0.468 e. The van der Waals surface area contributed by atoms with Crippen LogP contribution in [0.2, 0.25) is 0 Å². The maximum Gasteiger partial charge on any atom is 0.342 e. The van der Waals surface area contributed by atoms with Gasteiger partial charge in [0.2, 0.25) is 0 Å². The SMILES string of the molecule is CC(C)(C)c1ccc(N2c3cc([Si](c4ccccc4)(c4ccccc4)c4ccccc4)cc4c3B(c3oc5ccccc5c32)c2oc3ccccc3c2N4c2ccc(C(C)(C)C)cc2)cc1. The highest BCUT2D eigenvalue weighted by Gasteiger charge is 2.52. The smallest absolute Gasteiger partial charge is 0.342 e. The molecule has 10 aromatic rings. The summed E-state index contributed by atoms with van der Waals surface area (Å²) in [6, 6.07) is 74.4. The molecule has 66 heavy (non-hydrogen) atoms. The van der Waals surface area contributed by atoms with E-state index < -0.39 is 8.07 Å². The predicted octanol–water partition coefficient (Wildman–Crippen LogP) is 11.2. The van der Waals surface area contributed by atoms with Gasteiger partial charge in [-0.1, -0.05) is 181 Å². The lowest BCUT2D eigenvalue weighted by molar-refractivity contribution is 0.590. The first-order valence-electron chi connectivity index (χ1n) is 23.2. The van der Waals surface area contributed by atoms with Crippen LogP contribution in [0.25, 0.3) is 21.9 Å². The minimum atomic E-state index is -3.09. The third-order valence-electron chi connectivity index (χ3n) is 14.1. The molecule has 0 spiro atoms. The second-order valence-electron chi connectivity index (χ2n) is 20.1. The molecule has 0 amide bonds. The molecule has 4 nitrogen and oxygen atoms in total. The second kappa shape index (κ2) is 14.9. The number of benzene rings is 8. The van der Waals surface area contributed by atoms with Crippen molar-refractivity contribution < 1.29 is 8.83 Å². The molecule has 0 atom stereocenters. The van der Waals surface area contributed by atoms with Gasteiger partial charge in [0.15, 0.2) is 8.07 Å². The van der Waals surface area contributed by atoms with Crippen LogP contribution in [0.3, 0.4) is 0 Å². The lowest BCUT2D eigenvalue weighted by Gasteiger charge is -2.43. The summed E-state index contributed by atoms with van der Waals surface area (Å²) in [5, 5.41) is 7.40. The van der Waals surface area contributed by atoms with Crippen LogP contribution in [0.15, 0.2) is 209 Å². The van der Waals surface area contributed by atoms with Crippen molar-refractivity contribution in [3.05, 3.63) is 211 Å². The van der Waals surface area contributed by atoms with Crippen molar-refractivity contribution in [2.24, 2.45) is 0 Å². The Balaban J connectivity index is 1.27. The van der Waals surface area contributed by atoms with E-state index in [2.05, 4.69) is 252 Å². The lowest BCUT2D eigenvalue weighted by atomic mass is 9.37. The predicted molar refractivity (Wildman–Crippen MR) is 281 cm³/mol. The standard InChI is InChI=1S/C60H51BN2O2Si/c1-59(2,3)40-30-34-42(35-31-40)62-50-38-47(66(44-20-10-7-11-21-44,45-22-12-8-13-23-45)46-24-14-9-15-25-46)39-51-54(50)61(57-55(62)48-26-16-18-28-52(48)64-57)58-56(49-27-17-19-29-53(49)65-58)63(51)43-36-32-41(33-37-43)60(4,5)6/h7-39H,1-6H3. The van der Waals surface area contributed by atoms with Crippen LogP contribution in [0, 0.1) is 0 Å². The third kappa shape index (κ3) is 6.04. The summed E-state index contributed by atoms with van der Waals surface area (Å²) < 4.78 is 14.4. The first kappa shape index (κ1) is 40.2. The van der Waals surface area contributed by atoms with Crippen LogP contribution in [0.4, 0.5) is 34.1 Å². The fraction of sp³-hybridized carbons (Fsp3) is 0.133. The highest BCUT2D eigenvalue weighted by Crippen LogP contribution is 2.48. The van der Waals surface area contributed by atoms with Gasteiger partial charge in [-0.05, 0) is 109 Å². The first-order valence-corrected chi connectivity index (χ1v) is 25.2. The number of hydrogen-bond donors (Lipinski definition) is 0. The molecule has 2 aromatic heterocycles. The van der Waals surface area contributed by atoms with E-state index >= 15 is 0 Å². The van der Waals surface area contributed by atoms with E-state index in [-0.39, 0.29) is 17.5 Å². The normalized spacial score (nSPS) is 13.5. The van der Waals surface area contributed by atoms with E-state index in [1.54, 1.807) is 0 Å². The number of para-hydroxylation sites is 2. The van der Waals surface area contributed by atoms with Gasteiger partial charge >= 0.3 is 6.71 Å². The molecule has 4 heterocycles. The number of hydrogen-bond acceptors (Lipinski definition) is 4. The number of furan rings is 2. The minimum absolute atomic E-state index is 0.00884. The van der Waals surface area contributed by atoms with E-state index in [0.29, 0.717) is 0 Å². The largest absolute Gasteiger partial charge is 0.468 e. The second-order valence-corrected chi connectivity index (χ2v) is 23.9. The summed E-state index contributed by atoms with van der Waals surface area (Å²) in [6.07, 6.45) is 0. The maximum atomic E-state index is 7.21. The molecule has 0 saturated heterocycles. The van der Waals surface area contributed by atoms with Crippen molar-refractivity contribution in [2.45, 2.75) is 52.4 Å². The molecule has 8 aromatic carbocycles. The molecule has 12 rings (SSSR count). The zero-order valence-corrected chi connectivity index (χ0v) is 39.3. The zero-order chi connectivity index (χ0) is 45.0. The Hall–Kier alpha value is -7.28. The molecular weight excluding hydrogens is 820 g/mol. The quantitative estimate of drug-likeness (QED) is 0.123. The molecule has 0 bridgehead atoms. The van der Waals surface area contributed by atoms with Crippen molar-refractivity contribution >= 4 is 108 Å². The summed E-state index contributed by atoms with van der Waals surface area (Å²) in [5.74, 6) is 0. The average Bonchev–Trinajstić information content (AvgIpc) is 3.92. The Morgan fingerprint density at radius 2 is 0.742 bits per heavy atom. The molecule has 2 aliphatic rings. The van der Waals surface area contributed by atoms with E-state index in [9.17, 15) is 0 Å². The molecule has 2 aliphatic heterocycles. The van der Waals surface area contributed by atoms with Crippen molar-refractivity contribution in [1.82, 2.24) is 0 Å². The van der Waals surface area contributed by atoms with Gasteiger partial charge < -0.3 is 18.6 Å². The highest BCUT2D eigenvalue weighted by atomic mass is 28.3. The van der Waals surface area contributed by atoms with Gasteiger partial charge in [0.05, 0.1) is 11.4 Å². The summed E-state index contributed by atoms with van der Waals surface area (Å²) in [4.78, 5) is 5.00. The maximum absolute atomic E-state index is 7.21. The lowest BCUT2D eigenvalue weighted by Crippen LogP contribution is -2.75. The fourth-order valence-electron chi connectivity index (χ4n) is 10.9. The summed E-state index contributed by atoms with van der Waals surface area (Å²) >= 11 is 0. The van der Waals surface area contributed by atoms with Crippen LogP contribution in [-0.4, -0.2) is 14.8 Å². The van der Waals surface area contributed by atoms with Crippen LogP contribution in [0.5, 0.6) is 0 Å². The van der Waals surface area contributed by atoms with Crippen LogP contribution in [0.1, 0.15) is 52.7 Å². The molecule has 0 N–H and O–H groups in total. The van der Waals surface area contributed by atoms with E-state index in [4.69, 9.17) is 8.83 Å². The topological polar surface area (TPSA) is 32.8 Å². The van der Waals surface area contributed by atoms with Crippen molar-refractivity contribution in [1.29, 1.82) is 0 Å². The van der Waals surface area contributed by atoms with E-state index in [0.717, 1.165) is 72.8 Å². The van der Waals surface area contributed by atoms with Gasteiger partial charge in [-0.2, -0.15) is 0 Å². The Morgan fingerprint density at radius 3 is 1.11 bits per heavy atom.